The molecular formula is C56H68N14O13S2. The number of amides is 9. The van der Waals surface area contributed by atoms with Crippen LogP contribution in [-0.2, 0) is 78.4 Å². The molecule has 0 bridgehead atoms. The molecule has 3 heterocycles. The number of H-pyrrole nitrogens is 3. The maximum absolute atomic E-state index is 15.0. The van der Waals surface area contributed by atoms with Gasteiger partial charge in [-0.25, -0.2) is 9.78 Å². The molecule has 0 aliphatic rings. The predicted molar refractivity (Wildman–Crippen MR) is 316 cm³/mol. The first kappa shape index (κ1) is 64.9. The molecule has 0 saturated heterocycles. The van der Waals surface area contributed by atoms with Crippen LogP contribution in [0.3, 0.4) is 0 Å². The zero-order valence-electron chi connectivity index (χ0n) is 46.0. The lowest BCUT2D eigenvalue weighted by Crippen LogP contribution is -2.61. The average molecular weight is 1210 g/mol. The van der Waals surface area contributed by atoms with Crippen molar-refractivity contribution in [1.82, 2.24) is 62.5 Å². The number of hydrogen-bond acceptors (Lipinski definition) is 15. The number of imidazole rings is 1. The minimum atomic E-state index is -1.72. The number of para-hydroxylation sites is 2. The Labute approximate surface area is 497 Å². The Morgan fingerprint density at radius 2 is 0.941 bits per heavy atom. The number of nitrogens with zero attached hydrogens (tertiary/aromatic N) is 1. The minimum absolute atomic E-state index is 0.0932. The SMILES string of the molecule is C[C@H](NC(=O)[C@H](Cc1cnc[nH]1)NC(=O)[C@H](Cc1c[nH]c2ccccc12)NC(=O)[C@H](CCC(=O)O)NC(=O)[C@H](Cc1c[nH]c2ccccc12)NC(=O)[C@H](Cc1ccccc1)NC(=O)[C@H](CCC(N)=O)NC(=O)[C@@H](N)CS)C(=O)N[C@@H](CS)C(=O)O. The Hall–Kier alpha value is -9.22. The molecule has 3 aromatic heterocycles. The molecule has 17 N–H and O–H groups in total. The molecule has 9 amide bonds. The van der Waals surface area contributed by atoms with Gasteiger partial charge in [0, 0.05) is 96.1 Å². The van der Waals surface area contributed by atoms with Crippen LogP contribution in [0.1, 0.15) is 55.0 Å². The maximum Gasteiger partial charge on any atom is 0.327 e. The fraction of sp³-hybridized carbons (Fsp3) is 0.357. The second-order valence-electron chi connectivity index (χ2n) is 20.0. The Balaban J connectivity index is 1.32. The van der Waals surface area contributed by atoms with Crippen LogP contribution in [0.25, 0.3) is 21.8 Å². The molecule has 0 spiro atoms. The summed E-state index contributed by atoms with van der Waals surface area (Å²) in [6.07, 6.45) is 3.16. The number of carboxylic acid groups (broad SMARTS) is 2. The summed E-state index contributed by atoms with van der Waals surface area (Å²) in [5, 5.41) is 41.2. The Morgan fingerprint density at radius 1 is 0.506 bits per heavy atom. The monoisotopic (exact) mass is 1210 g/mol. The van der Waals surface area contributed by atoms with Crippen molar-refractivity contribution < 1.29 is 63.0 Å². The summed E-state index contributed by atoms with van der Waals surface area (Å²) >= 11 is 8.02. The van der Waals surface area contributed by atoms with E-state index in [1.807, 2.05) is 0 Å². The van der Waals surface area contributed by atoms with Gasteiger partial charge in [0.25, 0.3) is 0 Å². The third-order valence-corrected chi connectivity index (χ3v) is 14.4. The van der Waals surface area contributed by atoms with Crippen LogP contribution in [0.4, 0.5) is 0 Å². The van der Waals surface area contributed by atoms with E-state index >= 15 is 0 Å². The number of hydrogen-bond donors (Lipinski definition) is 17. The number of carbonyl (C=O) groups is 11. The summed E-state index contributed by atoms with van der Waals surface area (Å²) in [7, 11) is 0. The smallest absolute Gasteiger partial charge is 0.327 e. The fourth-order valence-electron chi connectivity index (χ4n) is 9.02. The zero-order valence-corrected chi connectivity index (χ0v) is 47.8. The highest BCUT2D eigenvalue weighted by atomic mass is 32.1. The van der Waals surface area contributed by atoms with Crippen LogP contribution in [0.2, 0.25) is 0 Å². The molecule has 0 aliphatic heterocycles. The first-order valence-corrected chi connectivity index (χ1v) is 28.1. The topological polar surface area (TPSA) is 437 Å². The number of rotatable bonds is 33. The van der Waals surface area contributed by atoms with Crippen LogP contribution in [-0.4, -0.2) is 161 Å². The molecule has 0 fully saturated rings. The number of benzene rings is 3. The van der Waals surface area contributed by atoms with Crippen LogP contribution >= 0.6 is 25.3 Å². The van der Waals surface area contributed by atoms with Crippen LogP contribution < -0.4 is 54.0 Å². The van der Waals surface area contributed by atoms with Gasteiger partial charge in [-0.1, -0.05) is 66.7 Å². The molecule has 0 radical (unpaired) electrons. The van der Waals surface area contributed by atoms with Gasteiger partial charge in [0.15, 0.2) is 0 Å². The predicted octanol–water partition coefficient (Wildman–Crippen LogP) is -1.06. The molecule has 85 heavy (non-hydrogen) atoms. The van der Waals surface area contributed by atoms with E-state index in [4.69, 9.17) is 11.5 Å². The van der Waals surface area contributed by atoms with Crippen LogP contribution in [0.5, 0.6) is 0 Å². The molecule has 9 atom stereocenters. The lowest BCUT2D eigenvalue weighted by Gasteiger charge is -2.28. The first-order chi connectivity index (χ1) is 40.6. The molecule has 0 saturated carbocycles. The van der Waals surface area contributed by atoms with E-state index in [0.717, 1.165) is 0 Å². The molecule has 0 aliphatic carbocycles. The first-order valence-electron chi connectivity index (χ1n) is 26.9. The largest absolute Gasteiger partial charge is 0.481 e. The number of fused-ring (bicyclic) bond motifs is 2. The summed E-state index contributed by atoms with van der Waals surface area (Å²) in [6, 6.07) is 9.47. The van der Waals surface area contributed by atoms with Gasteiger partial charge < -0.3 is 79.2 Å². The summed E-state index contributed by atoms with van der Waals surface area (Å²) in [5.74, 6) is -11.2. The average Bonchev–Trinajstić information content (AvgIpc) is 3.02. The number of nitrogens with one attached hydrogen (secondary N) is 11. The van der Waals surface area contributed by atoms with Crippen molar-refractivity contribution in [1.29, 1.82) is 0 Å². The second kappa shape index (κ2) is 31.4. The van der Waals surface area contributed by atoms with Crippen molar-refractivity contribution in [3.63, 3.8) is 0 Å². The number of aromatic nitrogens is 4. The van der Waals surface area contributed by atoms with Gasteiger partial charge in [0.05, 0.1) is 12.4 Å². The molecule has 3 aromatic carbocycles. The van der Waals surface area contributed by atoms with Gasteiger partial charge in [-0.2, -0.15) is 25.3 Å². The molecule has 0 unspecified atom stereocenters. The van der Waals surface area contributed by atoms with Crippen LogP contribution in [0, 0.1) is 0 Å². The maximum atomic E-state index is 15.0. The van der Waals surface area contributed by atoms with Gasteiger partial charge in [0.2, 0.25) is 53.2 Å². The van der Waals surface area contributed by atoms with Crippen molar-refractivity contribution in [2.45, 2.75) is 113 Å². The van der Waals surface area contributed by atoms with E-state index in [0.29, 0.717) is 44.2 Å². The summed E-state index contributed by atoms with van der Waals surface area (Å²) in [6.45, 7) is 1.29. The van der Waals surface area contributed by atoms with Gasteiger partial charge in [-0.15, -0.1) is 0 Å². The van der Waals surface area contributed by atoms with Gasteiger partial charge >= 0.3 is 11.9 Å². The van der Waals surface area contributed by atoms with Crippen LogP contribution in [0.15, 0.2) is 104 Å². The van der Waals surface area contributed by atoms with Crippen molar-refractivity contribution in [2.75, 3.05) is 11.5 Å². The van der Waals surface area contributed by atoms with Gasteiger partial charge in [0.1, 0.15) is 48.3 Å². The highest BCUT2D eigenvalue weighted by molar-refractivity contribution is 7.80. The fourth-order valence-corrected chi connectivity index (χ4v) is 9.43. The third kappa shape index (κ3) is 19.2. The van der Waals surface area contributed by atoms with E-state index in [1.54, 1.807) is 91.3 Å². The number of carboxylic acids is 2. The number of carbonyl (C=O) groups excluding carboxylic acids is 9. The van der Waals surface area contributed by atoms with E-state index < -0.39 is 132 Å². The standard InChI is InChI=1S/C56H68N14O13S2/c1-29(48(74)70-45(27-85)56(82)83)63-52(78)44(22-33-25-59-28-62-33)69-55(81)43(21-32-24-61-38-14-8-6-12-35(32)38)67-51(77)40(16-18-47(72)73)65-54(80)42(20-31-23-60-37-13-7-5-11-34(31)37)68-53(79)41(19-30-9-3-2-4-10-30)66-50(76)39(15-17-46(58)71)64-49(75)36(57)26-84/h2-14,23-25,28-29,36,39-45,60-61,84-85H,15-22,26-27,57H2,1H3,(H2,58,71)(H,59,62)(H,63,78)(H,64,75)(H,65,80)(H,66,76)(H,67,77)(H,68,79)(H,69,81)(H,70,74)(H,72,73)(H,82,83)/t29-,36-,39-,40-,41-,42-,43-,44-,45-/m0/s1. The van der Waals surface area contributed by atoms with E-state index in [-0.39, 0.29) is 50.0 Å². The third-order valence-electron chi connectivity index (χ3n) is 13.7. The highest BCUT2D eigenvalue weighted by Crippen LogP contribution is 2.22. The molecule has 6 aromatic rings. The van der Waals surface area contributed by atoms with Crippen molar-refractivity contribution in [3.8, 4) is 0 Å². The summed E-state index contributed by atoms with van der Waals surface area (Å²) in [5.41, 5.74) is 14.6. The lowest BCUT2D eigenvalue weighted by molar-refractivity contribution is -0.141. The molecule has 452 valence electrons. The zero-order chi connectivity index (χ0) is 61.7. The second-order valence-corrected chi connectivity index (χ2v) is 20.7. The van der Waals surface area contributed by atoms with E-state index in [9.17, 15) is 63.0 Å². The Morgan fingerprint density at radius 3 is 1.41 bits per heavy atom. The van der Waals surface area contributed by atoms with Crippen molar-refractivity contribution >= 4 is 112 Å². The Bertz CT molecular complexity index is 3340. The number of thiol groups is 2. The minimum Gasteiger partial charge on any atom is -0.481 e. The molecule has 27 nitrogen and oxygen atoms in total. The quantitative estimate of drug-likeness (QED) is 0.0219. The number of nitrogens with two attached hydrogens (primary N) is 2. The van der Waals surface area contributed by atoms with Crippen molar-refractivity contribution in [3.05, 3.63) is 126 Å². The normalized spacial score (nSPS) is 14.4. The highest BCUT2D eigenvalue weighted by Gasteiger charge is 2.36. The van der Waals surface area contributed by atoms with E-state index in [1.165, 1.54) is 19.4 Å². The van der Waals surface area contributed by atoms with Crippen molar-refractivity contribution in [2.24, 2.45) is 11.5 Å². The number of primary amides is 1. The van der Waals surface area contributed by atoms with E-state index in [2.05, 4.69) is 87.7 Å². The number of aliphatic carboxylic acids is 2. The molecule has 29 heteroatoms. The Kier molecular flexibility index (Phi) is 24.0. The number of aromatic amines is 3. The summed E-state index contributed by atoms with van der Waals surface area (Å²) < 4.78 is 0. The molecule has 6 rings (SSSR count). The molecular weight excluding hydrogens is 1140 g/mol. The van der Waals surface area contributed by atoms with Gasteiger partial charge in [-0.3, -0.25) is 47.9 Å². The van der Waals surface area contributed by atoms with Gasteiger partial charge in [-0.05, 0) is 48.6 Å². The summed E-state index contributed by atoms with van der Waals surface area (Å²) in [4.78, 5) is 162. The lowest BCUT2D eigenvalue weighted by atomic mass is 10.00.